The molecule has 4 aromatic rings. The molecule has 1 N–H and O–H groups in total. The topological polar surface area (TPSA) is 91.0 Å². The predicted molar refractivity (Wildman–Crippen MR) is 123 cm³/mol. The summed E-state index contributed by atoms with van der Waals surface area (Å²) in [6, 6.07) is 18.5. The second kappa shape index (κ2) is 9.52. The van der Waals surface area contributed by atoms with E-state index in [4.69, 9.17) is 4.74 Å². The number of benzene rings is 2. The fourth-order valence-electron chi connectivity index (χ4n) is 3.10. The third kappa shape index (κ3) is 4.57. The van der Waals surface area contributed by atoms with Gasteiger partial charge in [-0.15, -0.1) is 10.2 Å². The standard InChI is InChI=1S/C23H21N5O3S/c1-16-9-11-17(12-10-16)21-25-26-23(28(21)27-13-5-6-14-27)32-15-20(29)24-19-8-4-3-7-18(19)22(30)31-2/h3-14H,15H2,1-2H3,(H,24,29). The molecular weight excluding hydrogens is 426 g/mol. The number of methoxy groups -OCH3 is 1. The Bertz CT molecular complexity index is 1230. The van der Waals surface area contributed by atoms with Crippen LogP contribution >= 0.6 is 11.8 Å². The van der Waals surface area contributed by atoms with Crippen molar-refractivity contribution in [2.75, 3.05) is 18.2 Å². The van der Waals surface area contributed by atoms with Crippen LogP contribution in [0.25, 0.3) is 11.4 Å². The lowest BCUT2D eigenvalue weighted by molar-refractivity contribution is -0.113. The van der Waals surface area contributed by atoms with Crippen molar-refractivity contribution in [3.63, 3.8) is 0 Å². The number of esters is 1. The zero-order chi connectivity index (χ0) is 22.5. The SMILES string of the molecule is COC(=O)c1ccccc1NC(=O)CSc1nnc(-c2ccc(C)cc2)n1-n1cccc1. The molecule has 32 heavy (non-hydrogen) atoms. The Morgan fingerprint density at radius 3 is 2.44 bits per heavy atom. The maximum absolute atomic E-state index is 12.6. The number of carbonyl (C=O) groups is 2. The van der Waals surface area contributed by atoms with Crippen molar-refractivity contribution in [2.24, 2.45) is 0 Å². The summed E-state index contributed by atoms with van der Waals surface area (Å²) in [5.74, 6) is -0.0305. The van der Waals surface area contributed by atoms with E-state index >= 15 is 0 Å². The predicted octanol–water partition coefficient (Wildman–Crippen LogP) is 3.88. The summed E-state index contributed by atoms with van der Waals surface area (Å²) in [6.07, 6.45) is 3.77. The van der Waals surface area contributed by atoms with Gasteiger partial charge in [-0.2, -0.15) is 0 Å². The van der Waals surface area contributed by atoms with Crippen LogP contribution in [-0.2, 0) is 9.53 Å². The van der Waals surface area contributed by atoms with Crippen LogP contribution in [0.4, 0.5) is 5.69 Å². The van der Waals surface area contributed by atoms with E-state index in [1.54, 1.807) is 24.3 Å². The van der Waals surface area contributed by atoms with E-state index in [0.717, 1.165) is 11.1 Å². The van der Waals surface area contributed by atoms with Crippen molar-refractivity contribution in [1.82, 2.24) is 19.5 Å². The first-order valence-corrected chi connectivity index (χ1v) is 10.8. The Kier molecular flexibility index (Phi) is 6.37. The third-order valence-corrected chi connectivity index (χ3v) is 5.60. The molecule has 0 aliphatic carbocycles. The van der Waals surface area contributed by atoms with Gasteiger partial charge in [0.2, 0.25) is 11.1 Å². The zero-order valence-electron chi connectivity index (χ0n) is 17.6. The number of nitrogens with zero attached hydrogens (tertiary/aromatic N) is 4. The number of hydrogen-bond acceptors (Lipinski definition) is 6. The molecular formula is C23H21N5O3S. The summed E-state index contributed by atoms with van der Waals surface area (Å²) in [5.41, 5.74) is 2.77. The van der Waals surface area contributed by atoms with Crippen LogP contribution in [0.2, 0.25) is 0 Å². The van der Waals surface area contributed by atoms with E-state index in [1.165, 1.54) is 18.9 Å². The van der Waals surface area contributed by atoms with Gasteiger partial charge in [0.25, 0.3) is 0 Å². The zero-order valence-corrected chi connectivity index (χ0v) is 18.4. The minimum atomic E-state index is -0.511. The van der Waals surface area contributed by atoms with Crippen LogP contribution in [0.3, 0.4) is 0 Å². The lowest BCUT2D eigenvalue weighted by Crippen LogP contribution is -2.18. The molecule has 0 atom stereocenters. The van der Waals surface area contributed by atoms with E-state index in [1.807, 2.05) is 65.1 Å². The first kappa shape index (κ1) is 21.4. The Balaban J connectivity index is 1.55. The van der Waals surface area contributed by atoms with Crippen molar-refractivity contribution >= 4 is 29.3 Å². The quantitative estimate of drug-likeness (QED) is 0.341. The highest BCUT2D eigenvalue weighted by Crippen LogP contribution is 2.25. The number of carbonyl (C=O) groups excluding carboxylic acids is 2. The normalized spacial score (nSPS) is 10.7. The van der Waals surface area contributed by atoms with Gasteiger partial charge in [0.1, 0.15) is 0 Å². The highest BCUT2D eigenvalue weighted by atomic mass is 32.2. The van der Waals surface area contributed by atoms with Crippen molar-refractivity contribution in [3.8, 4) is 11.4 Å². The molecule has 0 bridgehead atoms. The van der Waals surface area contributed by atoms with Gasteiger partial charge in [0.15, 0.2) is 5.82 Å². The van der Waals surface area contributed by atoms with Crippen LogP contribution in [-0.4, -0.2) is 44.3 Å². The summed E-state index contributed by atoms with van der Waals surface area (Å²) in [5, 5.41) is 12.0. The van der Waals surface area contributed by atoms with E-state index < -0.39 is 5.97 Å². The number of anilines is 1. The number of aromatic nitrogens is 4. The average molecular weight is 448 g/mol. The number of thioether (sulfide) groups is 1. The first-order chi connectivity index (χ1) is 15.6. The van der Waals surface area contributed by atoms with Crippen molar-refractivity contribution < 1.29 is 14.3 Å². The average Bonchev–Trinajstić information content (AvgIpc) is 3.48. The monoisotopic (exact) mass is 447 g/mol. The van der Waals surface area contributed by atoms with Gasteiger partial charge >= 0.3 is 5.97 Å². The third-order valence-electron chi connectivity index (χ3n) is 4.68. The van der Waals surface area contributed by atoms with E-state index in [0.29, 0.717) is 22.2 Å². The summed E-state index contributed by atoms with van der Waals surface area (Å²) in [7, 11) is 1.30. The Morgan fingerprint density at radius 1 is 1.00 bits per heavy atom. The molecule has 0 saturated heterocycles. The van der Waals surface area contributed by atoms with Crippen molar-refractivity contribution in [3.05, 3.63) is 84.2 Å². The summed E-state index contributed by atoms with van der Waals surface area (Å²) in [4.78, 5) is 24.5. The maximum atomic E-state index is 12.6. The van der Waals surface area contributed by atoms with E-state index in [9.17, 15) is 9.59 Å². The fourth-order valence-corrected chi connectivity index (χ4v) is 3.84. The molecule has 0 saturated carbocycles. The smallest absolute Gasteiger partial charge is 0.339 e. The Hall–Kier alpha value is -3.85. The highest BCUT2D eigenvalue weighted by Gasteiger charge is 2.18. The summed E-state index contributed by atoms with van der Waals surface area (Å²) in [6.45, 7) is 2.03. The minimum absolute atomic E-state index is 0.0861. The van der Waals surface area contributed by atoms with Crippen LogP contribution in [0.15, 0.2) is 78.2 Å². The van der Waals surface area contributed by atoms with Gasteiger partial charge in [-0.05, 0) is 31.2 Å². The maximum Gasteiger partial charge on any atom is 0.339 e. The molecule has 9 heteroatoms. The molecule has 0 fully saturated rings. The molecule has 0 aliphatic heterocycles. The first-order valence-electron chi connectivity index (χ1n) is 9.83. The molecule has 2 heterocycles. The van der Waals surface area contributed by atoms with Crippen molar-refractivity contribution in [1.29, 1.82) is 0 Å². The van der Waals surface area contributed by atoms with Gasteiger partial charge in [-0.3, -0.25) is 9.47 Å². The van der Waals surface area contributed by atoms with Crippen LogP contribution in [0, 0.1) is 6.92 Å². The summed E-state index contributed by atoms with van der Waals surface area (Å²) < 4.78 is 8.49. The largest absolute Gasteiger partial charge is 0.465 e. The van der Waals surface area contributed by atoms with E-state index in [2.05, 4.69) is 15.5 Å². The van der Waals surface area contributed by atoms with E-state index in [-0.39, 0.29) is 11.7 Å². The Morgan fingerprint density at radius 2 is 1.72 bits per heavy atom. The highest BCUT2D eigenvalue weighted by molar-refractivity contribution is 7.99. The van der Waals surface area contributed by atoms with Crippen LogP contribution < -0.4 is 5.32 Å². The molecule has 0 radical (unpaired) electrons. The number of amides is 1. The minimum Gasteiger partial charge on any atom is -0.465 e. The number of rotatable bonds is 7. The van der Waals surface area contributed by atoms with Gasteiger partial charge in [0, 0.05) is 18.0 Å². The fraction of sp³-hybridized carbons (Fsp3) is 0.130. The second-order valence-electron chi connectivity index (χ2n) is 6.92. The van der Waals surface area contributed by atoms with Crippen LogP contribution in [0.5, 0.6) is 0 Å². The number of ether oxygens (including phenoxy) is 1. The lowest BCUT2D eigenvalue weighted by atomic mass is 10.1. The van der Waals surface area contributed by atoms with Crippen molar-refractivity contribution in [2.45, 2.75) is 12.1 Å². The molecule has 0 unspecified atom stereocenters. The molecule has 0 spiro atoms. The van der Waals surface area contributed by atoms with Gasteiger partial charge in [0.05, 0.1) is 24.1 Å². The number of aryl methyl sites for hydroxylation is 1. The van der Waals surface area contributed by atoms with Gasteiger partial charge < -0.3 is 10.1 Å². The number of hydrogen-bond donors (Lipinski definition) is 1. The molecule has 2 aromatic carbocycles. The molecule has 162 valence electrons. The Labute approximate surface area is 189 Å². The summed E-state index contributed by atoms with van der Waals surface area (Å²) >= 11 is 1.25. The molecule has 0 aliphatic rings. The van der Waals surface area contributed by atoms with Crippen LogP contribution in [0.1, 0.15) is 15.9 Å². The number of nitrogens with one attached hydrogen (secondary N) is 1. The number of para-hydroxylation sites is 1. The second-order valence-corrected chi connectivity index (χ2v) is 7.86. The lowest BCUT2D eigenvalue weighted by Gasteiger charge is -2.12. The van der Waals surface area contributed by atoms with Gasteiger partial charge in [-0.1, -0.05) is 53.7 Å². The molecule has 1 amide bonds. The molecule has 8 nitrogen and oxygen atoms in total. The molecule has 2 aromatic heterocycles. The molecule has 4 rings (SSSR count). The van der Waals surface area contributed by atoms with Gasteiger partial charge in [-0.25, -0.2) is 9.47 Å².